The monoisotopic (exact) mass is 383 g/mol. The van der Waals surface area contributed by atoms with E-state index >= 15 is 0 Å². The standard InChI is InChI=1S/C20H18FN3O2S/c1-2-11-22-18(25)14-3-7-16(8-4-14)26-19-20(24-13-12-23-19)27-17-9-5-15(21)6-10-17/h3-10,12-13H,2,11H2,1H3,(H,22,25). The van der Waals surface area contributed by atoms with Gasteiger partial charge in [-0.25, -0.2) is 14.4 Å². The van der Waals surface area contributed by atoms with Gasteiger partial charge in [-0.2, -0.15) is 0 Å². The zero-order valence-corrected chi connectivity index (χ0v) is 15.5. The van der Waals surface area contributed by atoms with Crippen molar-refractivity contribution in [3.63, 3.8) is 0 Å². The first-order valence-corrected chi connectivity index (χ1v) is 9.28. The van der Waals surface area contributed by atoms with Gasteiger partial charge in [0.1, 0.15) is 11.6 Å². The van der Waals surface area contributed by atoms with Crippen LogP contribution in [0.5, 0.6) is 11.6 Å². The first kappa shape index (κ1) is 18.8. The Morgan fingerprint density at radius 2 is 1.78 bits per heavy atom. The highest BCUT2D eigenvalue weighted by Gasteiger charge is 2.11. The summed E-state index contributed by atoms with van der Waals surface area (Å²) in [6, 6.07) is 12.9. The lowest BCUT2D eigenvalue weighted by Gasteiger charge is -2.09. The molecule has 1 aromatic heterocycles. The number of carbonyl (C=O) groups is 1. The maximum absolute atomic E-state index is 13.1. The van der Waals surface area contributed by atoms with Gasteiger partial charge in [0.2, 0.25) is 0 Å². The van der Waals surface area contributed by atoms with E-state index in [2.05, 4.69) is 15.3 Å². The Morgan fingerprint density at radius 1 is 1.07 bits per heavy atom. The molecule has 0 spiro atoms. The summed E-state index contributed by atoms with van der Waals surface area (Å²) in [5, 5.41) is 3.39. The van der Waals surface area contributed by atoms with Crippen LogP contribution in [0.4, 0.5) is 4.39 Å². The zero-order valence-electron chi connectivity index (χ0n) is 14.7. The molecule has 2 aromatic carbocycles. The molecule has 0 fully saturated rings. The molecule has 1 heterocycles. The topological polar surface area (TPSA) is 64.1 Å². The third-order valence-electron chi connectivity index (χ3n) is 3.53. The van der Waals surface area contributed by atoms with Gasteiger partial charge in [-0.05, 0) is 55.0 Å². The van der Waals surface area contributed by atoms with Crippen molar-refractivity contribution in [2.75, 3.05) is 6.54 Å². The molecule has 1 amide bonds. The molecular formula is C20H18FN3O2S. The molecule has 138 valence electrons. The molecule has 7 heteroatoms. The third-order valence-corrected chi connectivity index (χ3v) is 4.51. The number of hydrogen-bond donors (Lipinski definition) is 1. The number of nitrogens with zero attached hydrogens (tertiary/aromatic N) is 2. The minimum Gasteiger partial charge on any atom is -0.437 e. The molecule has 3 rings (SSSR count). The number of halogens is 1. The maximum atomic E-state index is 13.1. The van der Waals surface area contributed by atoms with Crippen LogP contribution in [0, 0.1) is 5.82 Å². The fourth-order valence-corrected chi connectivity index (χ4v) is 2.98. The number of benzene rings is 2. The summed E-state index contributed by atoms with van der Waals surface area (Å²) in [6.45, 7) is 2.64. The average Bonchev–Trinajstić information content (AvgIpc) is 2.70. The summed E-state index contributed by atoms with van der Waals surface area (Å²) in [5.41, 5.74) is 0.566. The van der Waals surface area contributed by atoms with Crippen LogP contribution in [-0.2, 0) is 0 Å². The molecule has 27 heavy (non-hydrogen) atoms. The highest BCUT2D eigenvalue weighted by atomic mass is 32.2. The van der Waals surface area contributed by atoms with Crippen molar-refractivity contribution in [3.8, 4) is 11.6 Å². The lowest BCUT2D eigenvalue weighted by atomic mass is 10.2. The zero-order chi connectivity index (χ0) is 19.1. The van der Waals surface area contributed by atoms with Gasteiger partial charge in [0.25, 0.3) is 11.8 Å². The van der Waals surface area contributed by atoms with Crippen LogP contribution < -0.4 is 10.1 Å². The number of carbonyl (C=O) groups excluding carboxylic acids is 1. The van der Waals surface area contributed by atoms with E-state index in [9.17, 15) is 9.18 Å². The van der Waals surface area contributed by atoms with E-state index in [1.807, 2.05) is 6.92 Å². The fraction of sp³-hybridized carbons (Fsp3) is 0.150. The summed E-state index contributed by atoms with van der Waals surface area (Å²) < 4.78 is 18.9. The van der Waals surface area contributed by atoms with E-state index in [0.717, 1.165) is 11.3 Å². The third kappa shape index (κ3) is 5.27. The number of hydrogen-bond acceptors (Lipinski definition) is 5. The molecule has 0 aliphatic carbocycles. The lowest BCUT2D eigenvalue weighted by Crippen LogP contribution is -2.23. The minimum atomic E-state index is -0.293. The SMILES string of the molecule is CCCNC(=O)c1ccc(Oc2nccnc2Sc2ccc(F)cc2)cc1. The first-order chi connectivity index (χ1) is 13.2. The van der Waals surface area contributed by atoms with Crippen LogP contribution in [0.1, 0.15) is 23.7 Å². The van der Waals surface area contributed by atoms with Crippen LogP contribution >= 0.6 is 11.8 Å². The van der Waals surface area contributed by atoms with Crippen LogP contribution in [0.2, 0.25) is 0 Å². The van der Waals surface area contributed by atoms with E-state index in [0.29, 0.717) is 28.8 Å². The summed E-state index contributed by atoms with van der Waals surface area (Å²) in [7, 11) is 0. The van der Waals surface area contributed by atoms with Gasteiger partial charge in [-0.3, -0.25) is 4.79 Å². The van der Waals surface area contributed by atoms with Crippen molar-refractivity contribution in [3.05, 3.63) is 72.3 Å². The molecule has 1 N–H and O–H groups in total. The average molecular weight is 383 g/mol. The highest BCUT2D eigenvalue weighted by molar-refractivity contribution is 7.99. The molecular weight excluding hydrogens is 365 g/mol. The van der Waals surface area contributed by atoms with E-state index in [-0.39, 0.29) is 11.7 Å². The number of amides is 1. The Labute approximate surface area is 161 Å². The van der Waals surface area contributed by atoms with Crippen molar-refractivity contribution in [2.45, 2.75) is 23.3 Å². The van der Waals surface area contributed by atoms with Gasteiger partial charge >= 0.3 is 0 Å². The highest BCUT2D eigenvalue weighted by Crippen LogP contribution is 2.33. The molecule has 0 atom stereocenters. The largest absolute Gasteiger partial charge is 0.437 e. The molecule has 5 nitrogen and oxygen atoms in total. The first-order valence-electron chi connectivity index (χ1n) is 8.46. The van der Waals surface area contributed by atoms with Gasteiger partial charge in [0.15, 0.2) is 5.03 Å². The molecule has 0 saturated heterocycles. The second-order valence-electron chi connectivity index (χ2n) is 5.60. The number of rotatable bonds is 7. The molecule has 0 bridgehead atoms. The fourth-order valence-electron chi connectivity index (χ4n) is 2.19. The Kier molecular flexibility index (Phi) is 6.38. The number of ether oxygens (including phenoxy) is 1. The van der Waals surface area contributed by atoms with Crippen LogP contribution in [0.25, 0.3) is 0 Å². The predicted molar refractivity (Wildman–Crippen MR) is 102 cm³/mol. The van der Waals surface area contributed by atoms with Gasteiger partial charge in [-0.15, -0.1) is 0 Å². The second kappa shape index (κ2) is 9.14. The molecule has 0 aliphatic heterocycles. The smallest absolute Gasteiger partial charge is 0.252 e. The van der Waals surface area contributed by atoms with Crippen molar-refractivity contribution >= 4 is 17.7 Å². The van der Waals surface area contributed by atoms with Crippen LogP contribution in [0.15, 0.2) is 70.8 Å². The maximum Gasteiger partial charge on any atom is 0.252 e. The molecule has 3 aromatic rings. The van der Waals surface area contributed by atoms with E-state index < -0.39 is 0 Å². The van der Waals surface area contributed by atoms with Crippen molar-refractivity contribution in [1.82, 2.24) is 15.3 Å². The summed E-state index contributed by atoms with van der Waals surface area (Å²) in [6.07, 6.45) is 3.99. The Hall–Kier alpha value is -2.93. The van der Waals surface area contributed by atoms with Crippen molar-refractivity contribution in [1.29, 1.82) is 0 Å². The van der Waals surface area contributed by atoms with Gasteiger partial charge in [0, 0.05) is 29.4 Å². The van der Waals surface area contributed by atoms with Crippen LogP contribution in [-0.4, -0.2) is 22.4 Å². The van der Waals surface area contributed by atoms with Gasteiger partial charge in [-0.1, -0.05) is 18.7 Å². The van der Waals surface area contributed by atoms with Crippen molar-refractivity contribution < 1.29 is 13.9 Å². The van der Waals surface area contributed by atoms with E-state index in [4.69, 9.17) is 4.74 Å². The molecule has 0 aliphatic rings. The van der Waals surface area contributed by atoms with Crippen LogP contribution in [0.3, 0.4) is 0 Å². The number of aromatic nitrogens is 2. The Bertz CT molecular complexity index is 902. The summed E-state index contributed by atoms with van der Waals surface area (Å²) in [5.74, 6) is 0.479. The Balaban J connectivity index is 1.72. The second-order valence-corrected chi connectivity index (χ2v) is 6.67. The molecule has 0 unspecified atom stereocenters. The normalized spacial score (nSPS) is 10.4. The lowest BCUT2D eigenvalue weighted by molar-refractivity contribution is 0.0953. The quantitative estimate of drug-likeness (QED) is 0.641. The molecule has 0 saturated carbocycles. The molecule has 0 radical (unpaired) electrons. The van der Waals surface area contributed by atoms with Crippen molar-refractivity contribution in [2.24, 2.45) is 0 Å². The minimum absolute atomic E-state index is 0.115. The van der Waals surface area contributed by atoms with Gasteiger partial charge < -0.3 is 10.1 Å². The Morgan fingerprint density at radius 3 is 2.48 bits per heavy atom. The van der Waals surface area contributed by atoms with E-state index in [1.54, 1.807) is 42.6 Å². The van der Waals surface area contributed by atoms with E-state index in [1.165, 1.54) is 30.1 Å². The predicted octanol–water partition coefficient (Wildman–Crippen LogP) is 4.70. The summed E-state index contributed by atoms with van der Waals surface area (Å²) in [4.78, 5) is 21.3. The number of nitrogens with one attached hydrogen (secondary N) is 1. The summed E-state index contributed by atoms with van der Waals surface area (Å²) >= 11 is 1.33. The van der Waals surface area contributed by atoms with Gasteiger partial charge in [0.05, 0.1) is 0 Å².